The predicted octanol–water partition coefficient (Wildman–Crippen LogP) is 0.0415. The third-order valence-corrected chi connectivity index (χ3v) is 2.18. The fourth-order valence-corrected chi connectivity index (χ4v) is 1.19. The minimum atomic E-state index is -0.798. The summed E-state index contributed by atoms with van der Waals surface area (Å²) in [6.07, 6.45) is 0.0253. The normalized spacial score (nSPS) is 38.5. The van der Waals surface area contributed by atoms with E-state index in [0.29, 0.717) is 6.73 Å². The molecule has 0 bridgehead atoms. The first kappa shape index (κ1) is 8.49. The number of hydrogen-bond donors (Lipinski definition) is 2. The molecule has 1 fully saturated rings. The summed E-state index contributed by atoms with van der Waals surface area (Å²) in [7, 11) is 0. The van der Waals surface area contributed by atoms with E-state index in [0.717, 1.165) is 0 Å². The summed E-state index contributed by atoms with van der Waals surface area (Å²) < 4.78 is 5.20. The van der Waals surface area contributed by atoms with Crippen LogP contribution in [0.25, 0.3) is 0 Å². The summed E-state index contributed by atoms with van der Waals surface area (Å²) in [4.78, 5) is 10.6. The zero-order chi connectivity index (χ0) is 8.43. The van der Waals surface area contributed by atoms with E-state index < -0.39 is 12.0 Å². The third-order valence-electron chi connectivity index (χ3n) is 2.18. The standard InChI is InChI=1S/C7H13NO3/c1-4-5(2)11-3-8-6(4)7(9)10/h4-6,8H,3H2,1-2H3,(H,9,10)/t4-,5?,6?/m0/s1. The fraction of sp³-hybridized carbons (Fsp3) is 0.857. The number of carboxylic acids is 1. The number of carbonyl (C=O) groups is 1. The number of carboxylic acid groups (broad SMARTS) is 1. The van der Waals surface area contributed by atoms with Gasteiger partial charge < -0.3 is 9.84 Å². The molecule has 11 heavy (non-hydrogen) atoms. The Hall–Kier alpha value is -0.610. The molecule has 4 heteroatoms. The van der Waals surface area contributed by atoms with Gasteiger partial charge in [0.15, 0.2) is 0 Å². The zero-order valence-electron chi connectivity index (χ0n) is 6.70. The molecule has 0 saturated carbocycles. The Labute approximate surface area is 65.5 Å². The molecule has 0 aromatic heterocycles. The highest BCUT2D eigenvalue weighted by atomic mass is 16.5. The van der Waals surface area contributed by atoms with Crippen LogP contribution in [0.2, 0.25) is 0 Å². The van der Waals surface area contributed by atoms with Crippen molar-refractivity contribution >= 4 is 5.97 Å². The first-order valence-corrected chi connectivity index (χ1v) is 3.70. The summed E-state index contributed by atoms with van der Waals surface area (Å²) >= 11 is 0. The molecule has 0 radical (unpaired) electrons. The molecule has 0 aromatic rings. The van der Waals surface area contributed by atoms with Crippen molar-refractivity contribution in [1.82, 2.24) is 5.32 Å². The van der Waals surface area contributed by atoms with Crippen molar-refractivity contribution in [1.29, 1.82) is 0 Å². The van der Waals surface area contributed by atoms with Crippen LogP contribution in [0.5, 0.6) is 0 Å². The Bertz CT molecular complexity index is 160. The van der Waals surface area contributed by atoms with E-state index in [1.54, 1.807) is 0 Å². The van der Waals surface area contributed by atoms with Gasteiger partial charge in [-0.05, 0) is 6.92 Å². The first-order valence-electron chi connectivity index (χ1n) is 3.70. The molecule has 1 saturated heterocycles. The van der Waals surface area contributed by atoms with Crippen LogP contribution < -0.4 is 5.32 Å². The maximum Gasteiger partial charge on any atom is 0.321 e. The smallest absolute Gasteiger partial charge is 0.321 e. The molecule has 2 unspecified atom stereocenters. The third kappa shape index (κ3) is 1.70. The Morgan fingerprint density at radius 2 is 2.27 bits per heavy atom. The van der Waals surface area contributed by atoms with E-state index >= 15 is 0 Å². The second-order valence-corrected chi connectivity index (χ2v) is 2.90. The predicted molar refractivity (Wildman–Crippen MR) is 39.1 cm³/mol. The number of nitrogens with one attached hydrogen (secondary N) is 1. The molecule has 1 aliphatic heterocycles. The van der Waals surface area contributed by atoms with Gasteiger partial charge in [0.25, 0.3) is 0 Å². The Morgan fingerprint density at radius 1 is 1.64 bits per heavy atom. The van der Waals surface area contributed by atoms with Crippen LogP contribution in [0.4, 0.5) is 0 Å². The summed E-state index contributed by atoms with van der Waals surface area (Å²) in [6.45, 7) is 4.10. The van der Waals surface area contributed by atoms with Gasteiger partial charge in [0.2, 0.25) is 0 Å². The lowest BCUT2D eigenvalue weighted by Gasteiger charge is -2.32. The SMILES string of the molecule is CC1OCNC(C(=O)O)[C@H]1C. The summed E-state index contributed by atoms with van der Waals surface area (Å²) in [6, 6.07) is -0.459. The number of aliphatic carboxylic acids is 1. The van der Waals surface area contributed by atoms with Gasteiger partial charge >= 0.3 is 5.97 Å². The van der Waals surface area contributed by atoms with E-state index in [2.05, 4.69) is 5.32 Å². The van der Waals surface area contributed by atoms with Crippen LogP contribution >= 0.6 is 0 Å². The number of ether oxygens (including phenoxy) is 1. The van der Waals surface area contributed by atoms with Crippen LogP contribution in [0, 0.1) is 5.92 Å². The van der Waals surface area contributed by atoms with Gasteiger partial charge in [-0.25, -0.2) is 0 Å². The second-order valence-electron chi connectivity index (χ2n) is 2.90. The highest BCUT2D eigenvalue weighted by Crippen LogP contribution is 2.15. The molecule has 0 amide bonds. The number of rotatable bonds is 1. The molecule has 3 atom stereocenters. The molecule has 4 nitrogen and oxygen atoms in total. The second kappa shape index (κ2) is 3.19. The van der Waals surface area contributed by atoms with Gasteiger partial charge in [0, 0.05) is 5.92 Å². The van der Waals surface area contributed by atoms with Crippen molar-refractivity contribution in [3.63, 3.8) is 0 Å². The Kier molecular flexibility index (Phi) is 2.46. The maximum atomic E-state index is 10.6. The first-order chi connectivity index (χ1) is 5.13. The van der Waals surface area contributed by atoms with Crippen molar-refractivity contribution < 1.29 is 14.6 Å². The molecule has 0 aromatic carbocycles. The van der Waals surface area contributed by atoms with Crippen LogP contribution in [0.3, 0.4) is 0 Å². The summed E-state index contributed by atoms with van der Waals surface area (Å²) in [5.74, 6) is -0.770. The van der Waals surface area contributed by atoms with Gasteiger partial charge in [-0.15, -0.1) is 0 Å². The lowest BCUT2D eigenvalue weighted by atomic mass is 9.96. The zero-order valence-corrected chi connectivity index (χ0v) is 6.70. The van der Waals surface area contributed by atoms with Gasteiger partial charge in [-0.3, -0.25) is 10.1 Å². The van der Waals surface area contributed by atoms with Gasteiger partial charge in [0.05, 0.1) is 12.8 Å². The highest BCUT2D eigenvalue weighted by Gasteiger charge is 2.32. The molecular formula is C7H13NO3. The molecule has 1 heterocycles. The number of hydrogen-bond acceptors (Lipinski definition) is 3. The molecule has 0 aliphatic carbocycles. The van der Waals surface area contributed by atoms with Crippen LogP contribution in [0.15, 0.2) is 0 Å². The average Bonchev–Trinajstić information content (AvgIpc) is 1.94. The molecule has 0 spiro atoms. The highest BCUT2D eigenvalue weighted by molar-refractivity contribution is 5.74. The lowest BCUT2D eigenvalue weighted by molar-refractivity contribution is -0.147. The maximum absolute atomic E-state index is 10.6. The topological polar surface area (TPSA) is 58.6 Å². The van der Waals surface area contributed by atoms with E-state index in [1.165, 1.54) is 0 Å². The Morgan fingerprint density at radius 3 is 2.73 bits per heavy atom. The molecule has 1 aliphatic rings. The van der Waals surface area contributed by atoms with Crippen molar-refractivity contribution in [3.05, 3.63) is 0 Å². The van der Waals surface area contributed by atoms with Crippen LogP contribution in [0.1, 0.15) is 13.8 Å². The average molecular weight is 159 g/mol. The molecular weight excluding hydrogens is 146 g/mol. The van der Waals surface area contributed by atoms with Crippen LogP contribution in [-0.4, -0.2) is 30.0 Å². The minimum absolute atomic E-state index is 0.0253. The van der Waals surface area contributed by atoms with E-state index in [4.69, 9.17) is 9.84 Å². The van der Waals surface area contributed by atoms with Crippen molar-refractivity contribution in [2.75, 3.05) is 6.73 Å². The molecule has 1 rings (SSSR count). The Balaban J connectivity index is 2.58. The van der Waals surface area contributed by atoms with E-state index in [-0.39, 0.29) is 12.0 Å². The van der Waals surface area contributed by atoms with Gasteiger partial charge in [-0.1, -0.05) is 6.92 Å². The van der Waals surface area contributed by atoms with E-state index in [9.17, 15) is 4.79 Å². The quantitative estimate of drug-likeness (QED) is 0.567. The van der Waals surface area contributed by atoms with Crippen molar-refractivity contribution in [3.8, 4) is 0 Å². The molecule has 64 valence electrons. The summed E-state index contributed by atoms with van der Waals surface area (Å²) in [5.41, 5.74) is 0. The van der Waals surface area contributed by atoms with Crippen LogP contribution in [-0.2, 0) is 9.53 Å². The van der Waals surface area contributed by atoms with Gasteiger partial charge in [0.1, 0.15) is 6.04 Å². The lowest BCUT2D eigenvalue weighted by Crippen LogP contribution is -2.52. The summed E-state index contributed by atoms with van der Waals surface area (Å²) in [5, 5.41) is 11.5. The fourth-order valence-electron chi connectivity index (χ4n) is 1.19. The van der Waals surface area contributed by atoms with E-state index in [1.807, 2.05) is 13.8 Å². The van der Waals surface area contributed by atoms with Gasteiger partial charge in [-0.2, -0.15) is 0 Å². The molecule has 2 N–H and O–H groups in total. The monoisotopic (exact) mass is 159 g/mol. The largest absolute Gasteiger partial charge is 0.480 e. The van der Waals surface area contributed by atoms with Crippen molar-refractivity contribution in [2.45, 2.75) is 26.0 Å². The minimum Gasteiger partial charge on any atom is -0.480 e. The van der Waals surface area contributed by atoms with Crippen molar-refractivity contribution in [2.24, 2.45) is 5.92 Å².